The van der Waals surface area contributed by atoms with Gasteiger partial charge in [-0.15, -0.1) is 0 Å². The molecule has 4 nitrogen and oxygen atoms in total. The molecule has 1 rings (SSSR count). The van der Waals surface area contributed by atoms with Crippen molar-refractivity contribution in [1.82, 2.24) is 0 Å². The molecule has 1 aromatic rings. The van der Waals surface area contributed by atoms with E-state index in [1.165, 1.54) is 6.07 Å². The molecule has 0 aromatic heterocycles. The molecule has 0 fully saturated rings. The molecule has 0 spiro atoms. The third kappa shape index (κ3) is 3.43. The molecule has 0 saturated heterocycles. The van der Waals surface area contributed by atoms with E-state index in [1.54, 1.807) is 13.0 Å². The summed E-state index contributed by atoms with van der Waals surface area (Å²) in [6, 6.07) is 3.09. The number of halogens is 1. The van der Waals surface area contributed by atoms with E-state index in [4.69, 9.17) is 9.88 Å². The highest BCUT2D eigenvalue weighted by molar-refractivity contribution is 7.89. The van der Waals surface area contributed by atoms with E-state index in [2.05, 4.69) is 0 Å². The first-order valence-corrected chi connectivity index (χ1v) is 7.18. The number of hydrogen-bond acceptors (Lipinski definition) is 3. The molecule has 0 radical (unpaired) electrons. The van der Waals surface area contributed by atoms with E-state index in [0.29, 0.717) is 16.9 Å². The largest absolute Gasteiger partial charge is 0.491 e. The lowest BCUT2D eigenvalue weighted by Gasteiger charge is -2.16. The quantitative estimate of drug-likeness (QED) is 0.894. The van der Waals surface area contributed by atoms with Gasteiger partial charge in [-0.25, -0.2) is 17.9 Å². The average molecular weight is 275 g/mol. The van der Waals surface area contributed by atoms with Crippen LogP contribution in [0.5, 0.6) is 5.75 Å². The zero-order chi connectivity index (χ0) is 13.9. The van der Waals surface area contributed by atoms with Crippen LogP contribution in [0.4, 0.5) is 4.39 Å². The summed E-state index contributed by atoms with van der Waals surface area (Å²) in [7, 11) is -3.77. The third-order valence-corrected chi connectivity index (χ3v) is 3.54. The van der Waals surface area contributed by atoms with Crippen molar-refractivity contribution < 1.29 is 17.5 Å². The van der Waals surface area contributed by atoms with Crippen LogP contribution in [0, 0.1) is 6.92 Å². The summed E-state index contributed by atoms with van der Waals surface area (Å²) >= 11 is 0. The van der Waals surface area contributed by atoms with Crippen molar-refractivity contribution in [3.05, 3.63) is 23.3 Å². The minimum atomic E-state index is -3.77. The molecule has 0 bridgehead atoms. The van der Waals surface area contributed by atoms with Gasteiger partial charge < -0.3 is 4.74 Å². The molecule has 1 aromatic carbocycles. The predicted octanol–water partition coefficient (Wildman–Crippen LogP) is 2.11. The molecule has 0 atom stereocenters. The van der Waals surface area contributed by atoms with E-state index in [1.807, 2.05) is 13.8 Å². The lowest BCUT2D eigenvalue weighted by atomic mass is 10.0. The summed E-state index contributed by atoms with van der Waals surface area (Å²) in [6.07, 6.45) is 0. The van der Waals surface area contributed by atoms with E-state index in [9.17, 15) is 12.8 Å². The van der Waals surface area contributed by atoms with Gasteiger partial charge in [-0.05, 0) is 36.1 Å². The van der Waals surface area contributed by atoms with Gasteiger partial charge in [-0.1, -0.05) is 13.8 Å². The fourth-order valence-corrected chi connectivity index (χ4v) is 2.64. The molecule has 102 valence electrons. The lowest BCUT2D eigenvalue weighted by molar-refractivity contribution is 0.271. The van der Waals surface area contributed by atoms with Gasteiger partial charge in [0.1, 0.15) is 19.0 Å². The van der Waals surface area contributed by atoms with Crippen LogP contribution >= 0.6 is 0 Å². The van der Waals surface area contributed by atoms with Crippen LogP contribution in [0.2, 0.25) is 0 Å². The van der Waals surface area contributed by atoms with Crippen molar-refractivity contribution in [1.29, 1.82) is 0 Å². The fourth-order valence-electron chi connectivity index (χ4n) is 1.68. The maximum Gasteiger partial charge on any atom is 0.238 e. The third-order valence-electron chi connectivity index (χ3n) is 2.57. The van der Waals surface area contributed by atoms with Gasteiger partial charge in [-0.2, -0.15) is 0 Å². The highest BCUT2D eigenvalue weighted by Crippen LogP contribution is 2.30. The Morgan fingerprint density at radius 3 is 2.44 bits per heavy atom. The molecule has 0 heterocycles. The summed E-state index contributed by atoms with van der Waals surface area (Å²) in [4.78, 5) is 0.0996. The number of nitrogens with two attached hydrogens (primary N) is 1. The van der Waals surface area contributed by atoms with Crippen LogP contribution in [0.3, 0.4) is 0 Å². The number of rotatable bonds is 5. The molecule has 6 heteroatoms. The minimum absolute atomic E-state index is 0.0216. The lowest BCUT2D eigenvalue weighted by Crippen LogP contribution is -2.16. The van der Waals surface area contributed by atoms with Crippen LogP contribution in [0.25, 0.3) is 0 Å². The van der Waals surface area contributed by atoms with Gasteiger partial charge in [-0.3, -0.25) is 0 Å². The van der Waals surface area contributed by atoms with Gasteiger partial charge in [0.2, 0.25) is 10.0 Å². The second-order valence-corrected chi connectivity index (χ2v) is 5.92. The van der Waals surface area contributed by atoms with Gasteiger partial charge in [0, 0.05) is 0 Å². The second kappa shape index (κ2) is 5.67. The summed E-state index contributed by atoms with van der Waals surface area (Å²) in [5, 5.41) is 5.19. The van der Waals surface area contributed by atoms with Crippen LogP contribution in [-0.2, 0) is 10.0 Å². The summed E-state index contributed by atoms with van der Waals surface area (Å²) < 4.78 is 40.4. The number of sulfonamides is 1. The fraction of sp³-hybridized carbons (Fsp3) is 0.500. The van der Waals surface area contributed by atoms with E-state index in [-0.39, 0.29) is 17.4 Å². The van der Waals surface area contributed by atoms with Gasteiger partial charge in [0.25, 0.3) is 0 Å². The Morgan fingerprint density at radius 1 is 1.39 bits per heavy atom. The molecular formula is C12H18FNO3S. The van der Waals surface area contributed by atoms with Crippen molar-refractivity contribution in [2.45, 2.75) is 31.6 Å². The molecule has 0 aliphatic rings. The Hall–Kier alpha value is -1.14. The monoisotopic (exact) mass is 275 g/mol. The maximum atomic E-state index is 12.1. The standard InChI is InChI=1S/C12H18FNO3S/c1-8(2)10-7-11(17-5-4-13)9(3)6-12(10)18(14,15)16/h6-8H,4-5H2,1-3H3,(H2,14,15,16). The van der Waals surface area contributed by atoms with E-state index < -0.39 is 16.7 Å². The highest BCUT2D eigenvalue weighted by atomic mass is 32.2. The normalized spacial score (nSPS) is 11.9. The molecule has 18 heavy (non-hydrogen) atoms. The molecule has 0 unspecified atom stereocenters. The zero-order valence-corrected chi connectivity index (χ0v) is 11.6. The smallest absolute Gasteiger partial charge is 0.238 e. The first kappa shape index (κ1) is 14.9. The number of hydrogen-bond donors (Lipinski definition) is 1. The number of alkyl halides is 1. The van der Waals surface area contributed by atoms with Crippen molar-refractivity contribution in [2.75, 3.05) is 13.3 Å². The molecule has 0 aliphatic carbocycles. The SMILES string of the molecule is Cc1cc(S(N)(=O)=O)c(C(C)C)cc1OCCF. The average Bonchev–Trinajstić information content (AvgIpc) is 2.25. The predicted molar refractivity (Wildman–Crippen MR) is 68.1 cm³/mol. The van der Waals surface area contributed by atoms with Crippen molar-refractivity contribution >= 4 is 10.0 Å². The van der Waals surface area contributed by atoms with Crippen molar-refractivity contribution in [3.63, 3.8) is 0 Å². The molecule has 0 amide bonds. The minimum Gasteiger partial charge on any atom is -0.491 e. The number of primary sulfonamides is 1. The number of ether oxygens (including phenoxy) is 1. The van der Waals surface area contributed by atoms with E-state index >= 15 is 0 Å². The molecule has 2 N–H and O–H groups in total. The zero-order valence-electron chi connectivity index (χ0n) is 10.7. The van der Waals surface area contributed by atoms with Gasteiger partial charge >= 0.3 is 0 Å². The maximum absolute atomic E-state index is 12.1. The first-order chi connectivity index (χ1) is 8.27. The van der Waals surface area contributed by atoms with E-state index in [0.717, 1.165) is 0 Å². The van der Waals surface area contributed by atoms with Crippen molar-refractivity contribution in [3.8, 4) is 5.75 Å². The van der Waals surface area contributed by atoms with Gasteiger partial charge in [0.05, 0.1) is 4.90 Å². The first-order valence-electron chi connectivity index (χ1n) is 5.63. The van der Waals surface area contributed by atoms with Crippen LogP contribution in [0.1, 0.15) is 30.9 Å². The van der Waals surface area contributed by atoms with Crippen LogP contribution in [-0.4, -0.2) is 21.7 Å². The van der Waals surface area contributed by atoms with Crippen molar-refractivity contribution in [2.24, 2.45) is 5.14 Å². The summed E-state index contributed by atoms with van der Waals surface area (Å²) in [5.74, 6) is 0.468. The summed E-state index contributed by atoms with van der Waals surface area (Å²) in [5.41, 5.74) is 1.20. The molecular weight excluding hydrogens is 257 g/mol. The van der Waals surface area contributed by atoms with Crippen LogP contribution < -0.4 is 9.88 Å². The van der Waals surface area contributed by atoms with Crippen LogP contribution in [0.15, 0.2) is 17.0 Å². The number of aryl methyl sites for hydroxylation is 1. The van der Waals surface area contributed by atoms with Gasteiger partial charge in [0.15, 0.2) is 0 Å². The Balaban J connectivity index is 3.35. The Morgan fingerprint density at radius 2 is 2.00 bits per heavy atom. The molecule has 0 aliphatic heterocycles. The second-order valence-electron chi connectivity index (χ2n) is 4.39. The Bertz CT molecular complexity index is 526. The molecule has 0 saturated carbocycles. The highest BCUT2D eigenvalue weighted by Gasteiger charge is 2.19. The topological polar surface area (TPSA) is 69.4 Å². The summed E-state index contributed by atoms with van der Waals surface area (Å²) in [6.45, 7) is 4.78. The Kier molecular flexibility index (Phi) is 4.70. The number of benzene rings is 1. The Labute approximate surface area is 107 Å².